The Kier molecular flexibility index (Phi) is 6.31. The molecule has 1 amide bonds. The number of anilines is 1. The number of sulfonamides is 1. The van der Waals surface area contributed by atoms with E-state index < -0.39 is 15.9 Å². The number of nitrogens with zero attached hydrogens (tertiary/aromatic N) is 2. The maximum atomic E-state index is 12.8. The Hall–Kier alpha value is -3.87. The number of hydrogen-bond donors (Lipinski definition) is 1. The third-order valence-electron chi connectivity index (χ3n) is 4.77. The number of ether oxygens (including phenoxy) is 1. The number of nitrogens with one attached hydrogen (secondary N) is 1. The van der Waals surface area contributed by atoms with Crippen LogP contribution in [0.3, 0.4) is 0 Å². The van der Waals surface area contributed by atoms with E-state index in [2.05, 4.69) is 15.6 Å². The molecule has 0 spiro atoms. The normalized spacial score (nSPS) is 11.8. The van der Waals surface area contributed by atoms with Crippen molar-refractivity contribution in [1.82, 2.24) is 4.57 Å². The molecular weight excluding hydrogens is 458 g/mol. The second kappa shape index (κ2) is 9.32. The highest BCUT2D eigenvalue weighted by Gasteiger charge is 2.14. The molecule has 0 saturated carbocycles. The topological polar surface area (TPSA) is 89.8 Å². The number of carbonyl (C=O) groups is 1. The van der Waals surface area contributed by atoms with Crippen LogP contribution in [0.1, 0.15) is 10.4 Å². The number of thiazole rings is 1. The van der Waals surface area contributed by atoms with Gasteiger partial charge in [0.1, 0.15) is 5.75 Å². The van der Waals surface area contributed by atoms with Crippen molar-refractivity contribution in [2.45, 2.75) is 11.4 Å². The first kappa shape index (κ1) is 22.3. The summed E-state index contributed by atoms with van der Waals surface area (Å²) in [7, 11) is -2.13. The summed E-state index contributed by atoms with van der Waals surface area (Å²) in [5, 5.41) is 0. The smallest absolute Gasteiger partial charge is 0.279 e. The van der Waals surface area contributed by atoms with E-state index in [0.717, 1.165) is 10.2 Å². The van der Waals surface area contributed by atoms with Crippen molar-refractivity contribution in [2.24, 2.45) is 4.99 Å². The molecule has 4 rings (SSSR count). The third-order valence-corrected chi connectivity index (χ3v) is 7.21. The van der Waals surface area contributed by atoms with Crippen LogP contribution in [-0.4, -0.2) is 26.0 Å². The molecule has 33 heavy (non-hydrogen) atoms. The van der Waals surface area contributed by atoms with Crippen LogP contribution in [0.5, 0.6) is 5.75 Å². The molecule has 1 N–H and O–H groups in total. The summed E-state index contributed by atoms with van der Waals surface area (Å²) in [6, 6.07) is 19.7. The Morgan fingerprint density at radius 3 is 2.52 bits per heavy atom. The van der Waals surface area contributed by atoms with Gasteiger partial charge in [0.25, 0.3) is 15.9 Å². The van der Waals surface area contributed by atoms with Crippen LogP contribution in [0.15, 0.2) is 82.7 Å². The number of terminal acetylenes is 1. The molecule has 9 heteroatoms. The molecule has 3 aromatic carbocycles. The summed E-state index contributed by atoms with van der Waals surface area (Å²) in [6.07, 6.45) is 5.51. The van der Waals surface area contributed by atoms with Crippen molar-refractivity contribution in [3.63, 3.8) is 0 Å². The SMILES string of the molecule is C#CCn1c(=NC(=O)c2ccc(NS(=O)(=O)c3ccccc3)cc2)sc2cc(OC)ccc21. The minimum absolute atomic E-state index is 0.152. The van der Waals surface area contributed by atoms with Gasteiger partial charge in [0, 0.05) is 11.3 Å². The molecule has 0 fully saturated rings. The fourth-order valence-electron chi connectivity index (χ4n) is 3.16. The summed E-state index contributed by atoms with van der Waals surface area (Å²) in [5.41, 5.74) is 1.52. The number of rotatable bonds is 6. The van der Waals surface area contributed by atoms with Crippen molar-refractivity contribution in [1.29, 1.82) is 0 Å². The Bertz CT molecular complexity index is 1530. The van der Waals surface area contributed by atoms with Crippen LogP contribution in [0.4, 0.5) is 5.69 Å². The van der Waals surface area contributed by atoms with Gasteiger partial charge in [-0.15, -0.1) is 6.42 Å². The van der Waals surface area contributed by atoms with Gasteiger partial charge in [0.15, 0.2) is 4.80 Å². The molecule has 4 aromatic rings. The Morgan fingerprint density at radius 1 is 1.12 bits per heavy atom. The zero-order valence-electron chi connectivity index (χ0n) is 17.6. The van der Waals surface area contributed by atoms with E-state index in [1.165, 1.54) is 47.7 Å². The number of fused-ring (bicyclic) bond motifs is 1. The van der Waals surface area contributed by atoms with Crippen molar-refractivity contribution >= 4 is 43.2 Å². The number of aromatic nitrogens is 1. The van der Waals surface area contributed by atoms with E-state index in [1.54, 1.807) is 29.9 Å². The number of amides is 1. The number of methoxy groups -OCH3 is 1. The number of benzene rings is 3. The minimum Gasteiger partial charge on any atom is -0.497 e. The maximum absolute atomic E-state index is 12.8. The fraction of sp³-hybridized carbons (Fsp3) is 0.0833. The summed E-state index contributed by atoms with van der Waals surface area (Å²) >= 11 is 1.33. The molecule has 166 valence electrons. The average Bonchev–Trinajstić information content (AvgIpc) is 3.16. The molecule has 0 aliphatic rings. The Labute approximate surface area is 195 Å². The summed E-state index contributed by atoms with van der Waals surface area (Å²) in [5.74, 6) is 2.82. The van der Waals surface area contributed by atoms with Gasteiger partial charge in [-0.05, 0) is 54.6 Å². The molecule has 0 radical (unpaired) electrons. The highest BCUT2D eigenvalue weighted by molar-refractivity contribution is 7.92. The van der Waals surface area contributed by atoms with Crippen LogP contribution >= 0.6 is 11.3 Å². The van der Waals surface area contributed by atoms with Crippen LogP contribution < -0.4 is 14.3 Å². The number of carbonyl (C=O) groups excluding carboxylic acids is 1. The van der Waals surface area contributed by atoms with Gasteiger partial charge >= 0.3 is 0 Å². The van der Waals surface area contributed by atoms with Crippen LogP contribution in [-0.2, 0) is 16.6 Å². The molecule has 0 saturated heterocycles. The molecule has 7 nitrogen and oxygen atoms in total. The lowest BCUT2D eigenvalue weighted by atomic mass is 10.2. The first-order valence-corrected chi connectivity index (χ1v) is 12.1. The molecule has 0 unspecified atom stereocenters. The Balaban J connectivity index is 1.62. The van der Waals surface area contributed by atoms with E-state index in [1.807, 2.05) is 18.2 Å². The molecule has 0 atom stereocenters. The molecule has 0 aliphatic carbocycles. The highest BCUT2D eigenvalue weighted by Crippen LogP contribution is 2.23. The maximum Gasteiger partial charge on any atom is 0.279 e. The summed E-state index contributed by atoms with van der Waals surface area (Å²) < 4.78 is 35.4. The zero-order valence-corrected chi connectivity index (χ0v) is 19.2. The quantitative estimate of drug-likeness (QED) is 0.427. The molecule has 0 bridgehead atoms. The van der Waals surface area contributed by atoms with E-state index in [4.69, 9.17) is 11.2 Å². The van der Waals surface area contributed by atoms with Gasteiger partial charge in [0.2, 0.25) is 0 Å². The number of hydrogen-bond acceptors (Lipinski definition) is 5. The minimum atomic E-state index is -3.72. The zero-order chi connectivity index (χ0) is 23.4. The van der Waals surface area contributed by atoms with Crippen molar-refractivity contribution in [2.75, 3.05) is 11.8 Å². The second-order valence-corrected chi connectivity index (χ2v) is 9.61. The van der Waals surface area contributed by atoms with Crippen molar-refractivity contribution in [3.05, 3.63) is 83.2 Å². The summed E-state index contributed by atoms with van der Waals surface area (Å²) in [6.45, 7) is 0.263. The van der Waals surface area contributed by atoms with Gasteiger partial charge in [-0.1, -0.05) is 35.5 Å². The average molecular weight is 478 g/mol. The van der Waals surface area contributed by atoms with Gasteiger partial charge in [-0.25, -0.2) is 8.42 Å². The van der Waals surface area contributed by atoms with Gasteiger partial charge < -0.3 is 9.30 Å². The first-order chi connectivity index (χ1) is 15.9. The van der Waals surface area contributed by atoms with Crippen LogP contribution in [0.2, 0.25) is 0 Å². The van der Waals surface area contributed by atoms with Crippen LogP contribution in [0.25, 0.3) is 10.2 Å². The van der Waals surface area contributed by atoms with Crippen molar-refractivity contribution < 1.29 is 17.9 Å². The fourth-order valence-corrected chi connectivity index (χ4v) is 5.29. The molecule has 1 heterocycles. The highest BCUT2D eigenvalue weighted by atomic mass is 32.2. The summed E-state index contributed by atoms with van der Waals surface area (Å²) in [4.78, 5) is 17.7. The lowest BCUT2D eigenvalue weighted by molar-refractivity contribution is 0.0998. The van der Waals surface area contributed by atoms with E-state index in [-0.39, 0.29) is 11.4 Å². The van der Waals surface area contributed by atoms with Gasteiger partial charge in [0.05, 0.1) is 28.8 Å². The predicted molar refractivity (Wildman–Crippen MR) is 129 cm³/mol. The lowest BCUT2D eigenvalue weighted by Crippen LogP contribution is -2.16. The lowest BCUT2D eigenvalue weighted by Gasteiger charge is -2.08. The second-order valence-electron chi connectivity index (χ2n) is 6.92. The van der Waals surface area contributed by atoms with Crippen molar-refractivity contribution in [3.8, 4) is 18.1 Å². The van der Waals surface area contributed by atoms with Gasteiger partial charge in [-0.3, -0.25) is 9.52 Å². The molecular formula is C24H19N3O4S2. The van der Waals surface area contributed by atoms with E-state index in [9.17, 15) is 13.2 Å². The largest absolute Gasteiger partial charge is 0.497 e. The monoisotopic (exact) mass is 477 g/mol. The predicted octanol–water partition coefficient (Wildman–Crippen LogP) is 3.89. The Morgan fingerprint density at radius 2 is 1.85 bits per heavy atom. The van der Waals surface area contributed by atoms with Crippen LogP contribution in [0, 0.1) is 12.3 Å². The van der Waals surface area contributed by atoms with E-state index >= 15 is 0 Å². The molecule has 0 aliphatic heterocycles. The standard InChI is InChI=1S/C24H19N3O4S2/c1-3-15-27-21-14-13-19(31-2)16-22(21)32-24(27)25-23(28)17-9-11-18(12-10-17)26-33(29,30)20-7-5-4-6-8-20/h1,4-14,16,26H,15H2,2H3. The first-order valence-electron chi connectivity index (χ1n) is 9.79. The van der Waals surface area contributed by atoms with Gasteiger partial charge in [-0.2, -0.15) is 4.99 Å². The third kappa shape index (κ3) is 4.82. The molecule has 1 aromatic heterocycles. The van der Waals surface area contributed by atoms with E-state index in [0.29, 0.717) is 21.8 Å².